The number of carbonyl (C=O) groups excluding carboxylic acids is 2. The first kappa shape index (κ1) is 13.9. The van der Waals surface area contributed by atoms with Gasteiger partial charge in [0.25, 0.3) is 0 Å². The van der Waals surface area contributed by atoms with Crippen LogP contribution in [0.25, 0.3) is 0 Å². The van der Waals surface area contributed by atoms with Crippen molar-refractivity contribution in [2.45, 2.75) is 33.7 Å². The predicted octanol–water partition coefficient (Wildman–Crippen LogP) is -0.354. The van der Waals surface area contributed by atoms with Gasteiger partial charge >= 0.3 is 0 Å². The highest BCUT2D eigenvalue weighted by molar-refractivity contribution is 5.87. The molecule has 0 unspecified atom stereocenters. The maximum absolute atomic E-state index is 11.4. The Morgan fingerprint density at radius 3 is 2.27 bits per heavy atom. The van der Waals surface area contributed by atoms with Crippen molar-refractivity contribution in [3.63, 3.8) is 0 Å². The zero-order valence-corrected chi connectivity index (χ0v) is 9.76. The third-order valence-electron chi connectivity index (χ3n) is 1.77. The minimum atomic E-state index is -0.497. The Balaban J connectivity index is 3.87. The van der Waals surface area contributed by atoms with Gasteiger partial charge in [-0.25, -0.2) is 0 Å². The lowest BCUT2D eigenvalue weighted by Gasteiger charge is -2.18. The molecule has 2 amide bonds. The number of nitrogens with one attached hydrogen (secondary N) is 2. The van der Waals surface area contributed by atoms with Gasteiger partial charge in [0.05, 0.1) is 13.2 Å². The Morgan fingerprint density at radius 1 is 1.33 bits per heavy atom. The molecule has 0 aromatic heterocycles. The van der Waals surface area contributed by atoms with E-state index in [2.05, 4.69) is 10.6 Å². The van der Waals surface area contributed by atoms with E-state index in [1.54, 1.807) is 27.7 Å². The summed E-state index contributed by atoms with van der Waals surface area (Å²) < 4.78 is 0. The van der Waals surface area contributed by atoms with Crippen LogP contribution in [0.2, 0.25) is 0 Å². The van der Waals surface area contributed by atoms with Gasteiger partial charge in [0.15, 0.2) is 0 Å². The third-order valence-corrected chi connectivity index (χ3v) is 1.77. The Hall–Kier alpha value is -1.10. The number of aliphatic hydroxyl groups excluding tert-OH is 1. The molecule has 0 rings (SSSR count). The predicted molar refractivity (Wildman–Crippen MR) is 57.2 cm³/mol. The first-order valence-corrected chi connectivity index (χ1v) is 4.96. The van der Waals surface area contributed by atoms with E-state index in [9.17, 15) is 9.59 Å². The maximum Gasteiger partial charge on any atom is 0.239 e. The molecule has 5 nitrogen and oxygen atoms in total. The normalized spacial score (nSPS) is 13.1. The fraction of sp³-hybridized carbons (Fsp3) is 0.800. The van der Waals surface area contributed by atoms with Crippen molar-refractivity contribution in [2.24, 2.45) is 5.41 Å². The van der Waals surface area contributed by atoms with Gasteiger partial charge < -0.3 is 15.7 Å². The Bertz CT molecular complexity index is 233. The summed E-state index contributed by atoms with van der Waals surface area (Å²) in [5.41, 5.74) is -0.497. The number of hydrogen-bond donors (Lipinski definition) is 3. The molecule has 0 aliphatic heterocycles. The van der Waals surface area contributed by atoms with Crippen LogP contribution in [0, 0.1) is 5.41 Å². The summed E-state index contributed by atoms with van der Waals surface area (Å²) in [7, 11) is 0. The summed E-state index contributed by atoms with van der Waals surface area (Å²) in [5.74, 6) is -0.469. The van der Waals surface area contributed by atoms with E-state index in [1.807, 2.05) is 0 Å². The lowest BCUT2D eigenvalue weighted by molar-refractivity contribution is -0.131. The maximum atomic E-state index is 11.4. The van der Waals surface area contributed by atoms with Crippen LogP contribution >= 0.6 is 0 Å². The number of carbonyl (C=O) groups is 2. The van der Waals surface area contributed by atoms with Crippen LogP contribution in [0.1, 0.15) is 27.7 Å². The number of rotatable bonds is 4. The second kappa shape index (κ2) is 5.70. The highest BCUT2D eigenvalue weighted by Crippen LogP contribution is 2.11. The molecule has 0 saturated heterocycles. The average molecular weight is 216 g/mol. The van der Waals surface area contributed by atoms with Crippen LogP contribution in [0.3, 0.4) is 0 Å². The Labute approximate surface area is 90.2 Å². The van der Waals surface area contributed by atoms with Crippen molar-refractivity contribution in [2.75, 3.05) is 13.2 Å². The Kier molecular flexibility index (Phi) is 5.28. The number of hydrogen-bond acceptors (Lipinski definition) is 3. The van der Waals surface area contributed by atoms with Crippen LogP contribution in [0.4, 0.5) is 0 Å². The Morgan fingerprint density at radius 2 is 1.87 bits per heavy atom. The topological polar surface area (TPSA) is 78.4 Å². The van der Waals surface area contributed by atoms with Gasteiger partial charge in [-0.2, -0.15) is 0 Å². The largest absolute Gasteiger partial charge is 0.394 e. The zero-order valence-electron chi connectivity index (χ0n) is 9.76. The molecule has 0 fully saturated rings. The summed E-state index contributed by atoms with van der Waals surface area (Å²) in [6, 6.07) is -0.288. The zero-order chi connectivity index (χ0) is 12.1. The van der Waals surface area contributed by atoms with E-state index in [-0.39, 0.29) is 31.0 Å². The fourth-order valence-corrected chi connectivity index (χ4v) is 0.797. The summed E-state index contributed by atoms with van der Waals surface area (Å²) in [4.78, 5) is 22.6. The fourth-order valence-electron chi connectivity index (χ4n) is 0.797. The van der Waals surface area contributed by atoms with Gasteiger partial charge in [-0.3, -0.25) is 9.59 Å². The smallest absolute Gasteiger partial charge is 0.239 e. The molecule has 88 valence electrons. The quantitative estimate of drug-likeness (QED) is 0.601. The molecule has 5 heteroatoms. The van der Waals surface area contributed by atoms with Crippen molar-refractivity contribution >= 4 is 11.8 Å². The van der Waals surface area contributed by atoms with E-state index in [4.69, 9.17) is 5.11 Å². The van der Waals surface area contributed by atoms with E-state index < -0.39 is 5.41 Å². The second-order valence-electron chi connectivity index (χ2n) is 4.58. The van der Waals surface area contributed by atoms with Crippen LogP contribution in [0.5, 0.6) is 0 Å². The standard InChI is InChI=1S/C10H20N2O3/c1-7(6-13)12-8(14)5-11-9(15)10(2,3)4/h7,13H,5-6H2,1-4H3,(H,11,15)(H,12,14)/t7-/m1/s1. The molecule has 0 aliphatic rings. The molecule has 0 radical (unpaired) electrons. The molecule has 0 bridgehead atoms. The minimum Gasteiger partial charge on any atom is -0.394 e. The summed E-state index contributed by atoms with van der Waals surface area (Å²) >= 11 is 0. The second-order valence-corrected chi connectivity index (χ2v) is 4.58. The summed E-state index contributed by atoms with van der Waals surface area (Å²) in [6.07, 6.45) is 0. The lowest BCUT2D eigenvalue weighted by Crippen LogP contribution is -2.44. The van der Waals surface area contributed by atoms with Crippen LogP contribution < -0.4 is 10.6 Å². The molecule has 1 atom stereocenters. The first-order chi connectivity index (χ1) is 6.77. The van der Waals surface area contributed by atoms with E-state index in [0.717, 1.165) is 0 Å². The van der Waals surface area contributed by atoms with E-state index in [1.165, 1.54) is 0 Å². The molecular weight excluding hydrogens is 196 g/mol. The molecule has 3 N–H and O–H groups in total. The molecule has 0 spiro atoms. The van der Waals surface area contributed by atoms with Gasteiger partial charge in [0.2, 0.25) is 11.8 Å². The minimum absolute atomic E-state index is 0.0551. The first-order valence-electron chi connectivity index (χ1n) is 4.96. The van der Waals surface area contributed by atoms with Crippen LogP contribution in [-0.2, 0) is 9.59 Å². The van der Waals surface area contributed by atoms with Crippen molar-refractivity contribution in [3.05, 3.63) is 0 Å². The van der Waals surface area contributed by atoms with Gasteiger partial charge in [-0.1, -0.05) is 20.8 Å². The van der Waals surface area contributed by atoms with E-state index in [0.29, 0.717) is 0 Å². The lowest BCUT2D eigenvalue weighted by atomic mass is 9.96. The molecule has 0 saturated carbocycles. The molecule has 15 heavy (non-hydrogen) atoms. The van der Waals surface area contributed by atoms with Gasteiger partial charge in [-0.05, 0) is 6.92 Å². The average Bonchev–Trinajstić information content (AvgIpc) is 2.12. The van der Waals surface area contributed by atoms with Crippen molar-refractivity contribution in [3.8, 4) is 0 Å². The summed E-state index contributed by atoms with van der Waals surface area (Å²) in [6.45, 7) is 6.84. The third kappa shape index (κ3) is 6.06. The SMILES string of the molecule is C[C@H](CO)NC(=O)CNC(=O)C(C)(C)C. The van der Waals surface area contributed by atoms with Crippen LogP contribution in [-0.4, -0.2) is 36.1 Å². The molecule has 0 aromatic rings. The highest BCUT2D eigenvalue weighted by atomic mass is 16.3. The van der Waals surface area contributed by atoms with Crippen molar-refractivity contribution in [1.82, 2.24) is 10.6 Å². The molecule has 0 heterocycles. The highest BCUT2D eigenvalue weighted by Gasteiger charge is 2.21. The molecular formula is C10H20N2O3. The van der Waals surface area contributed by atoms with Crippen molar-refractivity contribution in [1.29, 1.82) is 0 Å². The van der Waals surface area contributed by atoms with Crippen LogP contribution in [0.15, 0.2) is 0 Å². The van der Waals surface area contributed by atoms with E-state index >= 15 is 0 Å². The van der Waals surface area contributed by atoms with Crippen molar-refractivity contribution < 1.29 is 14.7 Å². The number of aliphatic hydroxyl groups is 1. The summed E-state index contributed by atoms with van der Waals surface area (Å²) in [5, 5.41) is 13.7. The molecule has 0 aliphatic carbocycles. The van der Waals surface area contributed by atoms with Gasteiger partial charge in [0, 0.05) is 11.5 Å². The van der Waals surface area contributed by atoms with Gasteiger partial charge in [0.1, 0.15) is 0 Å². The number of amides is 2. The monoisotopic (exact) mass is 216 g/mol. The molecule has 0 aromatic carbocycles. The van der Waals surface area contributed by atoms with Gasteiger partial charge in [-0.15, -0.1) is 0 Å².